The minimum atomic E-state index is -0.698. The number of Topliss-reactive ketones (excluding diaryl/α,β-unsaturated/α-hetero) is 1. The summed E-state index contributed by atoms with van der Waals surface area (Å²) < 4.78 is 5.71. The van der Waals surface area contributed by atoms with E-state index in [1.54, 1.807) is 12.1 Å². The van der Waals surface area contributed by atoms with Crippen molar-refractivity contribution >= 4 is 40.2 Å². The van der Waals surface area contributed by atoms with Crippen LogP contribution in [0.3, 0.4) is 0 Å². The van der Waals surface area contributed by atoms with Gasteiger partial charge < -0.3 is 14.7 Å². The number of anilines is 2. The lowest BCUT2D eigenvalue weighted by atomic mass is 9.97. The summed E-state index contributed by atoms with van der Waals surface area (Å²) in [7, 11) is 1.96. The molecule has 2 aliphatic heterocycles. The van der Waals surface area contributed by atoms with E-state index in [9.17, 15) is 14.7 Å². The van der Waals surface area contributed by atoms with Crippen molar-refractivity contribution < 1.29 is 19.4 Å². The second kappa shape index (κ2) is 8.08. The van der Waals surface area contributed by atoms with Crippen molar-refractivity contribution in [1.82, 2.24) is 0 Å². The number of carbonyl (C=O) groups is 2. The zero-order valence-corrected chi connectivity index (χ0v) is 19.5. The van der Waals surface area contributed by atoms with E-state index >= 15 is 0 Å². The van der Waals surface area contributed by atoms with Crippen LogP contribution in [0.5, 0.6) is 5.75 Å². The Morgan fingerprint density at radius 2 is 1.85 bits per heavy atom. The normalized spacial score (nSPS) is 19.5. The summed E-state index contributed by atoms with van der Waals surface area (Å²) in [6.07, 6.45) is 0. The predicted molar refractivity (Wildman–Crippen MR) is 130 cm³/mol. The number of rotatable bonds is 3. The van der Waals surface area contributed by atoms with Crippen LogP contribution < -0.4 is 14.5 Å². The zero-order chi connectivity index (χ0) is 23.3. The van der Waals surface area contributed by atoms with Crippen LogP contribution in [0.2, 0.25) is 0 Å². The van der Waals surface area contributed by atoms with Crippen molar-refractivity contribution in [3.63, 3.8) is 0 Å². The van der Waals surface area contributed by atoms with Gasteiger partial charge in [-0.3, -0.25) is 14.5 Å². The summed E-state index contributed by atoms with van der Waals surface area (Å²) in [6, 6.07) is 14.1. The first kappa shape index (κ1) is 21.3. The lowest BCUT2D eigenvalue weighted by Gasteiger charge is -2.28. The number of para-hydroxylation sites is 1. The van der Waals surface area contributed by atoms with Crippen LogP contribution in [-0.4, -0.2) is 37.0 Å². The molecule has 5 rings (SSSR count). The number of hydrogen-bond acceptors (Lipinski definition) is 6. The van der Waals surface area contributed by atoms with Gasteiger partial charge >= 0.3 is 0 Å². The Balaban J connectivity index is 1.72. The van der Waals surface area contributed by atoms with E-state index in [2.05, 4.69) is 0 Å². The van der Waals surface area contributed by atoms with Crippen LogP contribution >= 0.6 is 11.3 Å². The van der Waals surface area contributed by atoms with Gasteiger partial charge in [0.15, 0.2) is 0 Å². The molecule has 0 spiro atoms. The fraction of sp³-hybridized carbons (Fsp3) is 0.231. The number of thiophene rings is 1. The van der Waals surface area contributed by atoms with Gasteiger partial charge in [0.05, 0.1) is 17.8 Å². The molecule has 1 atom stereocenters. The van der Waals surface area contributed by atoms with Gasteiger partial charge in [0, 0.05) is 23.2 Å². The molecule has 6 nitrogen and oxygen atoms in total. The largest absolute Gasteiger partial charge is 0.507 e. The number of ether oxygens (including phenoxy) is 1. The monoisotopic (exact) mass is 460 g/mol. The number of aliphatic hydroxyl groups is 1. The molecule has 2 aliphatic rings. The fourth-order valence-electron chi connectivity index (χ4n) is 4.48. The summed E-state index contributed by atoms with van der Waals surface area (Å²) in [4.78, 5) is 31.1. The van der Waals surface area contributed by atoms with Gasteiger partial charge in [-0.15, -0.1) is 11.3 Å². The lowest BCUT2D eigenvalue weighted by Crippen LogP contribution is -2.30. The Hall–Kier alpha value is -3.58. The number of amides is 1. The van der Waals surface area contributed by atoms with Gasteiger partial charge in [0.25, 0.3) is 11.7 Å². The number of benzene rings is 2. The highest BCUT2D eigenvalue weighted by Crippen LogP contribution is 2.46. The number of fused-ring (bicyclic) bond motifs is 1. The summed E-state index contributed by atoms with van der Waals surface area (Å²) in [5, 5.41) is 13.4. The van der Waals surface area contributed by atoms with E-state index in [1.165, 1.54) is 16.2 Å². The summed E-state index contributed by atoms with van der Waals surface area (Å²) in [5.74, 6) is -0.770. The molecule has 168 valence electrons. The van der Waals surface area contributed by atoms with Crippen LogP contribution in [0.1, 0.15) is 27.6 Å². The average molecular weight is 461 g/mol. The van der Waals surface area contributed by atoms with Crippen LogP contribution in [0.15, 0.2) is 59.5 Å². The first-order valence-corrected chi connectivity index (χ1v) is 11.7. The number of ketones is 1. The third-order valence-corrected chi connectivity index (χ3v) is 7.37. The van der Waals surface area contributed by atoms with E-state index in [4.69, 9.17) is 4.74 Å². The highest BCUT2D eigenvalue weighted by molar-refractivity contribution is 7.10. The van der Waals surface area contributed by atoms with Crippen molar-refractivity contribution in [3.05, 3.63) is 81.1 Å². The van der Waals surface area contributed by atoms with Gasteiger partial charge in [0.2, 0.25) is 0 Å². The molecule has 0 aliphatic carbocycles. The molecule has 0 saturated carbocycles. The molecule has 1 aromatic heterocycles. The molecule has 7 heteroatoms. The van der Waals surface area contributed by atoms with Crippen LogP contribution in [0.4, 0.5) is 11.4 Å². The molecule has 3 aromatic rings. The minimum Gasteiger partial charge on any atom is -0.507 e. The first-order valence-electron chi connectivity index (χ1n) is 10.8. The molecule has 0 bridgehead atoms. The fourth-order valence-corrected chi connectivity index (χ4v) is 5.51. The second-order valence-electron chi connectivity index (χ2n) is 8.38. The Morgan fingerprint density at radius 1 is 1.06 bits per heavy atom. The Kier molecular flexibility index (Phi) is 5.21. The van der Waals surface area contributed by atoms with Gasteiger partial charge in [-0.2, -0.15) is 0 Å². The van der Waals surface area contributed by atoms with Crippen LogP contribution in [0, 0.1) is 13.8 Å². The quantitative estimate of drug-likeness (QED) is 0.345. The Morgan fingerprint density at radius 3 is 2.58 bits per heavy atom. The SMILES string of the molecule is Cc1ccccc1N1C(=O)C(=O)/C(=C(\O)c2ccc3c(c2)N(C)CCO3)C1c1sccc1C. The molecule has 0 radical (unpaired) electrons. The number of aryl methyl sites for hydroxylation is 2. The van der Waals surface area contributed by atoms with Gasteiger partial charge in [-0.25, -0.2) is 0 Å². The Bertz CT molecular complexity index is 1310. The smallest absolute Gasteiger partial charge is 0.300 e. The summed E-state index contributed by atoms with van der Waals surface area (Å²) in [6.45, 7) is 5.18. The van der Waals surface area contributed by atoms with E-state index in [-0.39, 0.29) is 11.3 Å². The van der Waals surface area contributed by atoms with E-state index in [0.717, 1.165) is 34.0 Å². The maximum atomic E-state index is 13.3. The van der Waals surface area contributed by atoms with Gasteiger partial charge in [0.1, 0.15) is 24.2 Å². The highest BCUT2D eigenvalue weighted by Gasteiger charge is 2.48. The topological polar surface area (TPSA) is 70.1 Å². The van der Waals surface area contributed by atoms with E-state index in [1.807, 2.05) is 67.6 Å². The minimum absolute atomic E-state index is 0.105. The van der Waals surface area contributed by atoms with Crippen molar-refractivity contribution in [3.8, 4) is 5.75 Å². The maximum absolute atomic E-state index is 13.3. The number of carbonyl (C=O) groups excluding carboxylic acids is 2. The molecule has 3 heterocycles. The zero-order valence-electron chi connectivity index (χ0n) is 18.7. The van der Waals surface area contributed by atoms with Crippen molar-refractivity contribution in [2.24, 2.45) is 0 Å². The molecule has 1 N–H and O–H groups in total. The number of nitrogens with zero attached hydrogens (tertiary/aromatic N) is 2. The third-order valence-electron chi connectivity index (χ3n) is 6.30. The molecule has 2 aromatic carbocycles. The summed E-state index contributed by atoms with van der Waals surface area (Å²) >= 11 is 1.48. The van der Waals surface area contributed by atoms with Crippen LogP contribution in [-0.2, 0) is 9.59 Å². The number of hydrogen-bond donors (Lipinski definition) is 1. The highest BCUT2D eigenvalue weighted by atomic mass is 32.1. The first-order chi connectivity index (χ1) is 15.9. The van der Waals surface area contributed by atoms with Gasteiger partial charge in [-0.05, 0) is 60.7 Å². The van der Waals surface area contributed by atoms with Crippen molar-refractivity contribution in [1.29, 1.82) is 0 Å². The maximum Gasteiger partial charge on any atom is 0.300 e. The van der Waals surface area contributed by atoms with Gasteiger partial charge in [-0.1, -0.05) is 18.2 Å². The third kappa shape index (κ3) is 3.40. The molecule has 1 fully saturated rings. The lowest BCUT2D eigenvalue weighted by molar-refractivity contribution is -0.132. The molecular formula is C26H24N2O4S. The standard InChI is InChI=1S/C26H24N2O4S/c1-15-6-4-5-7-18(15)28-22(25-16(2)10-13-33-25)21(24(30)26(28)31)23(29)17-8-9-20-19(14-17)27(3)11-12-32-20/h4-10,13-14,22,29H,11-12H2,1-3H3/b23-21-. The van der Waals surface area contributed by atoms with Crippen molar-refractivity contribution in [2.75, 3.05) is 30.0 Å². The molecule has 33 heavy (non-hydrogen) atoms. The average Bonchev–Trinajstić information content (AvgIpc) is 3.34. The molecule has 1 unspecified atom stereocenters. The predicted octanol–water partition coefficient (Wildman–Crippen LogP) is 4.82. The van der Waals surface area contributed by atoms with E-state index < -0.39 is 17.7 Å². The molecule has 1 amide bonds. The second-order valence-corrected chi connectivity index (χ2v) is 9.32. The number of likely N-dealkylation sites (N-methyl/N-ethyl adjacent to an activating group) is 1. The molecular weight excluding hydrogens is 436 g/mol. The summed E-state index contributed by atoms with van der Waals surface area (Å²) in [5.41, 5.74) is 3.93. The van der Waals surface area contributed by atoms with Crippen LogP contribution in [0.25, 0.3) is 5.76 Å². The van der Waals surface area contributed by atoms with E-state index in [0.29, 0.717) is 17.9 Å². The Labute approximate surface area is 196 Å². The molecule has 1 saturated heterocycles. The number of aliphatic hydroxyl groups excluding tert-OH is 1. The van der Waals surface area contributed by atoms with Crippen molar-refractivity contribution in [2.45, 2.75) is 19.9 Å².